The molecular weight excluding hydrogens is 166 g/mol. The summed E-state index contributed by atoms with van der Waals surface area (Å²) in [4.78, 5) is 13.6. The summed E-state index contributed by atoms with van der Waals surface area (Å²) >= 11 is 0. The zero-order valence-electron chi connectivity index (χ0n) is 9.46. The molecule has 78 valence electrons. The molecule has 0 fully saturated rings. The second-order valence-electron chi connectivity index (χ2n) is 4.76. The van der Waals surface area contributed by atoms with Crippen LogP contribution >= 0.6 is 0 Å². The van der Waals surface area contributed by atoms with Crippen LogP contribution in [0.15, 0.2) is 0 Å². The van der Waals surface area contributed by atoms with E-state index in [2.05, 4.69) is 0 Å². The highest BCUT2D eigenvalue weighted by Gasteiger charge is 2.33. The summed E-state index contributed by atoms with van der Waals surface area (Å²) in [6, 6.07) is -0.403. The van der Waals surface area contributed by atoms with Gasteiger partial charge in [0, 0.05) is 5.41 Å². The van der Waals surface area contributed by atoms with E-state index in [4.69, 9.17) is 0 Å². The number of aliphatic hydroxyl groups is 1. The van der Waals surface area contributed by atoms with Crippen molar-refractivity contribution in [2.75, 3.05) is 14.1 Å². The quantitative estimate of drug-likeness (QED) is 0.714. The van der Waals surface area contributed by atoms with Crippen molar-refractivity contribution in [1.29, 1.82) is 0 Å². The van der Waals surface area contributed by atoms with E-state index in [9.17, 15) is 9.90 Å². The smallest absolute Gasteiger partial charge is 0.157 e. The van der Waals surface area contributed by atoms with Crippen LogP contribution in [-0.2, 0) is 4.79 Å². The normalized spacial score (nSPS) is 17.2. The van der Waals surface area contributed by atoms with Crippen molar-refractivity contribution in [2.45, 2.75) is 39.8 Å². The summed E-state index contributed by atoms with van der Waals surface area (Å²) in [5.41, 5.74) is -0.397. The molecular formula is C10H21NO2. The first-order chi connectivity index (χ1) is 5.68. The summed E-state index contributed by atoms with van der Waals surface area (Å²) in [6.45, 7) is 7.25. The Morgan fingerprint density at radius 1 is 1.31 bits per heavy atom. The van der Waals surface area contributed by atoms with E-state index < -0.39 is 17.6 Å². The summed E-state index contributed by atoms with van der Waals surface area (Å²) in [5.74, 6) is 0.0764. The maximum absolute atomic E-state index is 11.8. The largest absolute Gasteiger partial charge is 0.391 e. The lowest BCUT2D eigenvalue weighted by atomic mass is 9.84. The monoisotopic (exact) mass is 187 g/mol. The van der Waals surface area contributed by atoms with Crippen LogP contribution in [0.5, 0.6) is 0 Å². The molecule has 0 aromatic carbocycles. The maximum atomic E-state index is 11.8. The van der Waals surface area contributed by atoms with Gasteiger partial charge in [0.15, 0.2) is 5.78 Å². The molecule has 3 nitrogen and oxygen atoms in total. The Morgan fingerprint density at radius 3 is 1.77 bits per heavy atom. The number of rotatable bonds is 3. The zero-order valence-corrected chi connectivity index (χ0v) is 9.46. The molecule has 0 bridgehead atoms. The fraction of sp³-hybridized carbons (Fsp3) is 0.900. The van der Waals surface area contributed by atoms with Gasteiger partial charge in [-0.3, -0.25) is 9.69 Å². The lowest BCUT2D eigenvalue weighted by molar-refractivity contribution is -0.134. The van der Waals surface area contributed by atoms with Crippen LogP contribution in [0.3, 0.4) is 0 Å². The van der Waals surface area contributed by atoms with Crippen molar-refractivity contribution in [3.05, 3.63) is 0 Å². The maximum Gasteiger partial charge on any atom is 0.157 e. The third-order valence-electron chi connectivity index (χ3n) is 2.02. The molecule has 2 unspecified atom stereocenters. The van der Waals surface area contributed by atoms with E-state index >= 15 is 0 Å². The van der Waals surface area contributed by atoms with Crippen molar-refractivity contribution in [1.82, 2.24) is 4.90 Å². The van der Waals surface area contributed by atoms with Gasteiger partial charge in [-0.05, 0) is 21.0 Å². The third kappa shape index (κ3) is 3.44. The number of Topliss-reactive ketones (excluding diaryl/α,β-unsaturated/α-hetero) is 1. The van der Waals surface area contributed by atoms with Gasteiger partial charge in [0.25, 0.3) is 0 Å². The van der Waals surface area contributed by atoms with E-state index in [-0.39, 0.29) is 5.78 Å². The van der Waals surface area contributed by atoms with E-state index in [0.29, 0.717) is 0 Å². The van der Waals surface area contributed by atoms with Crippen LogP contribution in [0.2, 0.25) is 0 Å². The summed E-state index contributed by atoms with van der Waals surface area (Å²) in [6.07, 6.45) is -0.623. The third-order valence-corrected chi connectivity index (χ3v) is 2.02. The summed E-state index contributed by atoms with van der Waals surface area (Å²) in [5, 5.41) is 9.45. The molecule has 0 spiro atoms. The number of likely N-dealkylation sites (N-methyl/N-ethyl adjacent to an activating group) is 1. The summed E-state index contributed by atoms with van der Waals surface area (Å²) in [7, 11) is 3.61. The molecule has 2 atom stereocenters. The second-order valence-corrected chi connectivity index (χ2v) is 4.76. The minimum absolute atomic E-state index is 0.0764. The minimum Gasteiger partial charge on any atom is -0.391 e. The molecule has 0 aliphatic heterocycles. The molecule has 0 aliphatic rings. The van der Waals surface area contributed by atoms with Crippen LogP contribution in [0.25, 0.3) is 0 Å². The highest BCUT2D eigenvalue weighted by atomic mass is 16.3. The van der Waals surface area contributed by atoms with Crippen LogP contribution < -0.4 is 0 Å². The Morgan fingerprint density at radius 2 is 1.69 bits per heavy atom. The van der Waals surface area contributed by atoms with E-state index in [1.807, 2.05) is 20.8 Å². The van der Waals surface area contributed by atoms with Gasteiger partial charge in [-0.1, -0.05) is 20.8 Å². The first-order valence-electron chi connectivity index (χ1n) is 4.56. The van der Waals surface area contributed by atoms with Crippen LogP contribution in [0, 0.1) is 5.41 Å². The number of ketones is 1. The minimum atomic E-state index is -0.623. The van der Waals surface area contributed by atoms with Crippen molar-refractivity contribution >= 4 is 5.78 Å². The number of aliphatic hydroxyl groups excluding tert-OH is 1. The standard InChI is InChI=1S/C10H21NO2/c1-7(12)8(11(5)6)9(13)10(2,3)4/h7-8,12H,1-6H3. The molecule has 1 N–H and O–H groups in total. The molecule has 0 saturated carbocycles. The van der Waals surface area contributed by atoms with Crippen molar-refractivity contribution in [3.8, 4) is 0 Å². The Labute approximate surface area is 80.7 Å². The highest BCUT2D eigenvalue weighted by Crippen LogP contribution is 2.20. The van der Waals surface area contributed by atoms with Crippen LogP contribution in [0.1, 0.15) is 27.7 Å². The average Bonchev–Trinajstić information content (AvgIpc) is 1.82. The molecule has 0 aromatic rings. The molecule has 0 radical (unpaired) electrons. The van der Waals surface area contributed by atoms with Crippen molar-refractivity contribution in [3.63, 3.8) is 0 Å². The average molecular weight is 187 g/mol. The van der Waals surface area contributed by atoms with Crippen LogP contribution in [0.4, 0.5) is 0 Å². The number of hydrogen-bond acceptors (Lipinski definition) is 3. The Bertz CT molecular complexity index is 172. The molecule has 0 saturated heterocycles. The molecule has 0 rings (SSSR count). The SMILES string of the molecule is CC(O)C(C(=O)C(C)(C)C)N(C)C. The topological polar surface area (TPSA) is 40.5 Å². The predicted molar refractivity (Wildman–Crippen MR) is 53.6 cm³/mol. The number of carbonyl (C=O) groups excluding carboxylic acids is 1. The fourth-order valence-electron chi connectivity index (χ4n) is 1.33. The van der Waals surface area contributed by atoms with E-state index in [0.717, 1.165) is 0 Å². The Balaban J connectivity index is 4.68. The molecule has 0 aromatic heterocycles. The van der Waals surface area contributed by atoms with Crippen molar-refractivity contribution < 1.29 is 9.90 Å². The van der Waals surface area contributed by atoms with Gasteiger partial charge in [-0.15, -0.1) is 0 Å². The molecule has 0 aliphatic carbocycles. The number of hydrogen-bond donors (Lipinski definition) is 1. The van der Waals surface area contributed by atoms with Gasteiger partial charge in [-0.2, -0.15) is 0 Å². The fourth-order valence-corrected chi connectivity index (χ4v) is 1.33. The first-order valence-corrected chi connectivity index (χ1v) is 4.56. The Hall–Kier alpha value is -0.410. The van der Waals surface area contributed by atoms with Gasteiger partial charge in [0.2, 0.25) is 0 Å². The summed E-state index contributed by atoms with van der Waals surface area (Å²) < 4.78 is 0. The second kappa shape index (κ2) is 4.20. The lowest BCUT2D eigenvalue weighted by Crippen LogP contribution is -2.48. The Kier molecular flexibility index (Phi) is 4.07. The number of carbonyl (C=O) groups is 1. The van der Waals surface area contributed by atoms with E-state index in [1.54, 1.807) is 25.9 Å². The molecule has 0 amide bonds. The lowest BCUT2D eigenvalue weighted by Gasteiger charge is -2.31. The molecule has 13 heavy (non-hydrogen) atoms. The predicted octanol–water partition coefficient (Wildman–Crippen LogP) is 0.913. The highest BCUT2D eigenvalue weighted by molar-refractivity contribution is 5.89. The van der Waals surface area contributed by atoms with E-state index in [1.165, 1.54) is 0 Å². The van der Waals surface area contributed by atoms with Gasteiger partial charge in [-0.25, -0.2) is 0 Å². The van der Waals surface area contributed by atoms with Crippen LogP contribution in [-0.4, -0.2) is 42.0 Å². The van der Waals surface area contributed by atoms with Gasteiger partial charge in [0.05, 0.1) is 12.1 Å². The zero-order chi connectivity index (χ0) is 10.8. The molecule has 3 heteroatoms. The van der Waals surface area contributed by atoms with Gasteiger partial charge in [0.1, 0.15) is 0 Å². The van der Waals surface area contributed by atoms with Gasteiger partial charge < -0.3 is 5.11 Å². The van der Waals surface area contributed by atoms with Gasteiger partial charge >= 0.3 is 0 Å². The number of nitrogens with zero attached hydrogens (tertiary/aromatic N) is 1. The first kappa shape index (κ1) is 12.6. The van der Waals surface area contributed by atoms with Crippen molar-refractivity contribution in [2.24, 2.45) is 5.41 Å². The molecule has 0 heterocycles.